The van der Waals surface area contributed by atoms with Crippen LogP contribution < -0.4 is 0 Å². The van der Waals surface area contributed by atoms with Gasteiger partial charge in [-0.15, -0.1) is 11.4 Å². The third-order valence-electron chi connectivity index (χ3n) is 3.36. The van der Waals surface area contributed by atoms with E-state index in [0.717, 1.165) is 22.3 Å². The average Bonchev–Trinajstić information content (AvgIpc) is 2.64. The van der Waals surface area contributed by atoms with Crippen molar-refractivity contribution in [3.05, 3.63) is 84.1 Å². The Balaban J connectivity index is -0.000000978. The Labute approximate surface area is 197 Å². The van der Waals surface area contributed by atoms with Crippen LogP contribution in [0.3, 0.4) is 0 Å². The summed E-state index contributed by atoms with van der Waals surface area (Å²) >= 11 is 3.64. The van der Waals surface area contributed by atoms with Crippen LogP contribution in [0.5, 0.6) is 0 Å². The average molecular weight is 597 g/mol. The normalized spacial score (nSPS) is 8.36. The van der Waals surface area contributed by atoms with Gasteiger partial charge in [-0.2, -0.15) is 0 Å². The summed E-state index contributed by atoms with van der Waals surface area (Å²) in [6, 6.07) is 11.2. The van der Waals surface area contributed by atoms with Crippen LogP contribution in [0.2, 0.25) is 0 Å². The van der Waals surface area contributed by atoms with Crippen molar-refractivity contribution < 1.29 is 44.2 Å². The van der Waals surface area contributed by atoms with E-state index in [4.69, 9.17) is 0 Å². The Morgan fingerprint density at radius 3 is 1.25 bits per heavy atom. The van der Waals surface area contributed by atoms with Gasteiger partial charge in [0.15, 0.2) is 0 Å². The van der Waals surface area contributed by atoms with Crippen molar-refractivity contribution >= 4 is 42.6 Å². The van der Waals surface area contributed by atoms with Crippen LogP contribution in [0.4, 0.5) is 11.4 Å². The summed E-state index contributed by atoms with van der Waals surface area (Å²) in [6.07, 6.45) is 0. The van der Waals surface area contributed by atoms with Crippen molar-refractivity contribution in [3.8, 4) is 0 Å². The fraction of sp³-hybridized carbons (Fsp3) is 0.200. The zero-order valence-corrected chi connectivity index (χ0v) is 21.6. The first-order valence-corrected chi connectivity index (χ1v) is 11.8. The van der Waals surface area contributed by atoms with Crippen LogP contribution in [0.15, 0.2) is 36.4 Å². The summed E-state index contributed by atoms with van der Waals surface area (Å²) in [5.41, 5.74) is 4.67. The van der Waals surface area contributed by atoms with Crippen molar-refractivity contribution in [1.29, 1.82) is 0 Å². The van der Waals surface area contributed by atoms with Gasteiger partial charge in [-0.3, -0.25) is 0 Å². The van der Waals surface area contributed by atoms with Gasteiger partial charge < -0.3 is 35.1 Å². The van der Waals surface area contributed by atoms with Gasteiger partial charge in [-0.1, -0.05) is 58.7 Å². The molecule has 0 bridgehead atoms. The van der Waals surface area contributed by atoms with E-state index in [9.17, 15) is 9.59 Å². The molecule has 0 aliphatic carbocycles. The van der Waals surface area contributed by atoms with Crippen LogP contribution in [-0.4, -0.2) is 11.8 Å². The first-order chi connectivity index (χ1) is 12.4. The summed E-state index contributed by atoms with van der Waals surface area (Å²) in [7, 11) is 9.14. The molecule has 0 N–H and O–H groups in total. The standard InChI is InChI=1S/C18H20N2O2.2CH3.2ClH.2Ru/c1-11-5-7-13(3)15(9-11)19-17(21)18(22)20-16-10-12(2)6-8-14(16)4;;;;;;/h5-10H,1-4H3,(H2,19,20,21,22);2*1H3;2*1H;;/q;2*-1;;;2*+3/p-4. The Hall–Kier alpha value is -0.793. The van der Waals surface area contributed by atoms with E-state index in [-0.39, 0.29) is 14.9 Å². The number of aryl methyl sites for hydroxylation is 4. The molecular formula is C20H24Cl2N2O2Ru2. The maximum atomic E-state index is 12.0. The molecule has 0 fully saturated rings. The van der Waals surface area contributed by atoms with Crippen molar-refractivity contribution in [2.45, 2.75) is 27.7 Å². The summed E-state index contributed by atoms with van der Waals surface area (Å²) in [4.78, 5) is 23.9. The third-order valence-corrected chi connectivity index (χ3v) is 3.36. The van der Waals surface area contributed by atoms with Crippen molar-refractivity contribution in [2.75, 3.05) is 0 Å². The first kappa shape index (κ1) is 31.9. The Morgan fingerprint density at radius 1 is 0.679 bits per heavy atom. The van der Waals surface area contributed by atoms with Crippen LogP contribution >= 0.6 is 19.4 Å². The van der Waals surface area contributed by atoms with Crippen LogP contribution in [-0.2, 0) is 44.2 Å². The molecule has 0 saturated heterocycles. The first-order valence-electron chi connectivity index (χ1n) is 7.30. The summed E-state index contributed by atoms with van der Waals surface area (Å²) in [5, 5.41) is 7.77. The predicted molar refractivity (Wildman–Crippen MR) is 112 cm³/mol. The molecule has 0 unspecified atom stereocenters. The number of nitrogens with zero attached hydrogens (tertiary/aromatic N) is 2. The van der Waals surface area contributed by atoms with Crippen molar-refractivity contribution in [1.82, 2.24) is 0 Å². The number of hydrogen-bond donors (Lipinski definition) is 0. The minimum absolute atomic E-state index is 0. The number of benzene rings is 2. The molecule has 2 amide bonds. The van der Waals surface area contributed by atoms with Gasteiger partial charge in [0, 0.05) is 0 Å². The predicted octanol–water partition coefficient (Wildman–Crippen LogP) is 6.96. The summed E-state index contributed by atoms with van der Waals surface area (Å²) < 4.78 is 0. The molecule has 0 atom stereocenters. The topological polar surface area (TPSA) is 62.3 Å². The van der Waals surface area contributed by atoms with E-state index >= 15 is 0 Å². The molecule has 156 valence electrons. The zero-order chi connectivity index (χ0) is 20.3. The molecular weight excluding hydrogens is 573 g/mol. The van der Waals surface area contributed by atoms with Crippen molar-refractivity contribution in [3.63, 3.8) is 0 Å². The van der Waals surface area contributed by atoms with Gasteiger partial charge in [-0.25, -0.2) is 0 Å². The minimum atomic E-state index is -0.852. The summed E-state index contributed by atoms with van der Waals surface area (Å²) in [5.74, 6) is -1.70. The van der Waals surface area contributed by atoms with E-state index in [0.29, 0.717) is 11.4 Å². The quantitative estimate of drug-likeness (QED) is 0.214. The zero-order valence-electron chi connectivity index (χ0n) is 16.6. The molecule has 2 aromatic carbocycles. The van der Waals surface area contributed by atoms with E-state index in [1.807, 2.05) is 86.6 Å². The maximum absolute atomic E-state index is 12.0. The molecule has 28 heavy (non-hydrogen) atoms. The fourth-order valence-electron chi connectivity index (χ4n) is 1.99. The molecule has 0 spiro atoms. The van der Waals surface area contributed by atoms with Gasteiger partial charge in [0.1, 0.15) is 11.8 Å². The van der Waals surface area contributed by atoms with Gasteiger partial charge in [-0.05, 0) is 27.7 Å². The number of rotatable bonds is 2. The van der Waals surface area contributed by atoms with Crippen LogP contribution in [0.25, 0.3) is 10.6 Å². The molecule has 0 radical (unpaired) electrons. The van der Waals surface area contributed by atoms with Crippen LogP contribution in [0.1, 0.15) is 22.3 Å². The SMILES string of the molecule is Cc1ccc(C)c([N-]C(=O)C(=O)[N-]c2cc(C)ccc2C)c1.[CH3-].[CH3-].[Cl][Ru+2].[Cl][Ru+2]. The van der Waals surface area contributed by atoms with E-state index in [1.54, 1.807) is 12.1 Å². The molecule has 0 aliphatic heterocycles. The third kappa shape index (κ3) is 10.7. The monoisotopic (exact) mass is 598 g/mol. The number of amides is 2. The van der Waals surface area contributed by atoms with Gasteiger partial charge >= 0.3 is 54.0 Å². The van der Waals surface area contributed by atoms with Crippen LogP contribution in [0, 0.1) is 42.5 Å². The Kier molecular flexibility index (Phi) is 19.5. The number of carbonyl (C=O) groups is 2. The van der Waals surface area contributed by atoms with E-state index < -0.39 is 11.8 Å². The molecule has 0 heterocycles. The second-order valence-electron chi connectivity index (χ2n) is 5.41. The molecule has 0 saturated carbocycles. The molecule has 4 nitrogen and oxygen atoms in total. The van der Waals surface area contributed by atoms with E-state index in [1.165, 1.54) is 0 Å². The Bertz CT molecular complexity index is 693. The van der Waals surface area contributed by atoms with Crippen molar-refractivity contribution in [2.24, 2.45) is 0 Å². The number of halogens is 2. The van der Waals surface area contributed by atoms with Gasteiger partial charge in [0.25, 0.3) is 0 Å². The molecule has 8 heteroatoms. The molecule has 0 aromatic heterocycles. The molecule has 0 aliphatic rings. The van der Waals surface area contributed by atoms with Gasteiger partial charge in [0.2, 0.25) is 0 Å². The molecule has 2 rings (SSSR count). The second-order valence-corrected chi connectivity index (χ2v) is 5.41. The summed E-state index contributed by atoms with van der Waals surface area (Å²) in [6.45, 7) is 7.51. The molecule has 2 aromatic rings. The van der Waals surface area contributed by atoms with Gasteiger partial charge in [0.05, 0.1) is 0 Å². The second kappa shape index (κ2) is 17.1. The number of carbonyl (C=O) groups excluding carboxylic acids is 2. The Morgan fingerprint density at radius 2 is 0.964 bits per heavy atom. The van der Waals surface area contributed by atoms with E-state index in [2.05, 4.69) is 30.0 Å². The number of hydrogen-bond acceptors (Lipinski definition) is 2. The fourth-order valence-corrected chi connectivity index (χ4v) is 1.99.